The summed E-state index contributed by atoms with van der Waals surface area (Å²) >= 11 is 3.22. The van der Waals surface area contributed by atoms with Gasteiger partial charge < -0.3 is 9.47 Å². The molecule has 0 saturated heterocycles. The molecule has 2 aromatic heterocycles. The second-order valence-corrected chi connectivity index (χ2v) is 14.8. The fourth-order valence-corrected chi connectivity index (χ4v) is 8.98. The van der Waals surface area contributed by atoms with Crippen molar-refractivity contribution >= 4 is 46.0 Å². The number of ether oxygens (including phenoxy) is 2. The first-order chi connectivity index (χ1) is 25.4. The molecule has 0 bridgehead atoms. The zero-order valence-corrected chi connectivity index (χ0v) is 30.7. The first kappa shape index (κ1) is 35.0. The molecular weight excluding hydrogens is 685 g/mol. The topological polar surface area (TPSA) is 77.3 Å². The van der Waals surface area contributed by atoms with Crippen LogP contribution in [0.4, 0.5) is 11.4 Å². The predicted molar refractivity (Wildman–Crippen MR) is 207 cm³/mol. The molecule has 260 valence electrons. The fourth-order valence-electron chi connectivity index (χ4n) is 7.25. The lowest BCUT2D eigenvalue weighted by atomic mass is 9.78. The third-order valence-electron chi connectivity index (χ3n) is 9.83. The van der Waals surface area contributed by atoms with Crippen LogP contribution in [0.25, 0.3) is 0 Å². The smallest absolute Gasteiger partial charge is 0.316 e. The van der Waals surface area contributed by atoms with Crippen LogP contribution in [-0.4, -0.2) is 26.2 Å². The molecule has 0 saturated carbocycles. The Morgan fingerprint density at radius 2 is 0.827 bits per heavy atom. The Balaban J connectivity index is 0.000000162. The summed E-state index contributed by atoms with van der Waals surface area (Å²) in [6, 6.07) is 44.0. The summed E-state index contributed by atoms with van der Waals surface area (Å²) < 4.78 is 12.3. The Labute approximate surface area is 311 Å². The lowest BCUT2D eigenvalue weighted by molar-refractivity contribution is -0.148. The second-order valence-electron chi connectivity index (χ2n) is 13.0. The number of para-hydroxylation sites is 2. The molecule has 0 radical (unpaired) electrons. The van der Waals surface area contributed by atoms with E-state index < -0.39 is 10.8 Å². The van der Waals surface area contributed by atoms with E-state index in [9.17, 15) is 9.59 Å². The van der Waals surface area contributed by atoms with Gasteiger partial charge in [0.2, 0.25) is 0 Å². The standard InChI is InChI=1S/2C22H19NO2S/c2*1-25-21(24)22(18-8-4-2-5-9-18)13-16-12-20(26-15-17(16)14-22)23-19-10-6-3-7-11-19/h2*2-12,15H,13-14H2,1H3/t2*22-/m11/s1. The van der Waals surface area contributed by atoms with Crippen molar-refractivity contribution in [3.05, 3.63) is 187 Å². The van der Waals surface area contributed by atoms with Gasteiger partial charge in [-0.05, 0) is 106 Å². The van der Waals surface area contributed by atoms with Crippen molar-refractivity contribution in [2.24, 2.45) is 9.98 Å². The lowest BCUT2D eigenvalue weighted by Gasteiger charge is -2.26. The van der Waals surface area contributed by atoms with Crippen LogP contribution >= 0.6 is 22.7 Å². The van der Waals surface area contributed by atoms with Gasteiger partial charge in [-0.25, -0.2) is 9.98 Å². The van der Waals surface area contributed by atoms with E-state index in [0.29, 0.717) is 25.7 Å². The Kier molecular flexibility index (Phi) is 10.4. The van der Waals surface area contributed by atoms with Crippen molar-refractivity contribution in [3.63, 3.8) is 0 Å². The van der Waals surface area contributed by atoms with Crippen molar-refractivity contribution in [2.75, 3.05) is 14.2 Å². The van der Waals surface area contributed by atoms with Gasteiger partial charge in [-0.3, -0.25) is 9.59 Å². The van der Waals surface area contributed by atoms with Crippen LogP contribution in [0, 0.1) is 0 Å². The summed E-state index contributed by atoms with van der Waals surface area (Å²) in [6.45, 7) is 0. The normalized spacial score (nSPS) is 19.2. The van der Waals surface area contributed by atoms with Crippen LogP contribution in [0.2, 0.25) is 0 Å². The SMILES string of the molecule is COC(=O)[C@@]1(c2ccccc2)Cc2csc(=Nc3ccccc3)cc2C1.COC(=O)[C@@]1(c2ccccc2)Cc2csc(=Nc3ccccc3)cc2C1. The van der Waals surface area contributed by atoms with Crippen molar-refractivity contribution < 1.29 is 19.1 Å². The van der Waals surface area contributed by atoms with Crippen LogP contribution in [0.3, 0.4) is 0 Å². The number of esters is 2. The summed E-state index contributed by atoms with van der Waals surface area (Å²) in [4.78, 5) is 34.9. The number of nitrogens with zero attached hydrogens (tertiary/aromatic N) is 2. The summed E-state index contributed by atoms with van der Waals surface area (Å²) in [7, 11) is 2.93. The lowest BCUT2D eigenvalue weighted by Crippen LogP contribution is -2.37. The van der Waals surface area contributed by atoms with Crippen molar-refractivity contribution in [1.82, 2.24) is 0 Å². The van der Waals surface area contributed by atoms with E-state index in [1.165, 1.54) is 36.5 Å². The van der Waals surface area contributed by atoms with Crippen molar-refractivity contribution in [1.29, 1.82) is 0 Å². The number of hydrogen-bond donors (Lipinski definition) is 0. The minimum absolute atomic E-state index is 0.175. The summed E-state index contributed by atoms with van der Waals surface area (Å²) in [5, 5.41) is 4.26. The Hall–Kier alpha value is -5.44. The van der Waals surface area contributed by atoms with E-state index in [2.05, 4.69) is 22.9 Å². The van der Waals surface area contributed by atoms with Crippen molar-refractivity contribution in [2.45, 2.75) is 36.5 Å². The molecule has 0 aliphatic heterocycles. The molecule has 0 fully saturated rings. The molecule has 52 heavy (non-hydrogen) atoms. The summed E-state index contributed by atoms with van der Waals surface area (Å²) in [5.41, 5.74) is 7.36. The Morgan fingerprint density at radius 1 is 0.500 bits per heavy atom. The highest BCUT2D eigenvalue weighted by Crippen LogP contribution is 2.42. The van der Waals surface area contributed by atoms with Crippen LogP contribution in [0.1, 0.15) is 33.4 Å². The molecule has 0 N–H and O–H groups in total. The van der Waals surface area contributed by atoms with Crippen LogP contribution in [0.5, 0.6) is 0 Å². The maximum absolute atomic E-state index is 12.7. The third kappa shape index (κ3) is 7.17. The molecule has 0 spiro atoms. The number of hydrogen-bond acceptors (Lipinski definition) is 8. The predicted octanol–water partition coefficient (Wildman–Crippen LogP) is 8.38. The molecular formula is C44H38N2O4S2. The highest BCUT2D eigenvalue weighted by Gasteiger charge is 2.47. The molecule has 0 unspecified atom stereocenters. The Morgan fingerprint density at radius 3 is 1.17 bits per heavy atom. The molecule has 0 amide bonds. The van der Waals surface area contributed by atoms with Crippen LogP contribution in [-0.2, 0) is 55.6 Å². The highest BCUT2D eigenvalue weighted by atomic mass is 32.1. The van der Waals surface area contributed by atoms with E-state index in [1.54, 1.807) is 22.7 Å². The van der Waals surface area contributed by atoms with Gasteiger partial charge in [0.25, 0.3) is 0 Å². The van der Waals surface area contributed by atoms with Gasteiger partial charge in [0.05, 0.1) is 25.6 Å². The molecule has 6 nitrogen and oxygen atoms in total. The van der Waals surface area contributed by atoms with Gasteiger partial charge >= 0.3 is 11.9 Å². The number of methoxy groups -OCH3 is 2. The molecule has 2 aliphatic carbocycles. The zero-order chi connectivity index (χ0) is 36.0. The van der Waals surface area contributed by atoms with Gasteiger partial charge in [0, 0.05) is 0 Å². The summed E-state index contributed by atoms with van der Waals surface area (Å²) in [6.07, 6.45) is 2.62. The largest absolute Gasteiger partial charge is 0.468 e. The maximum atomic E-state index is 12.7. The monoisotopic (exact) mass is 722 g/mol. The van der Waals surface area contributed by atoms with E-state index in [1.807, 2.05) is 121 Å². The van der Waals surface area contributed by atoms with Crippen LogP contribution < -0.4 is 9.34 Å². The van der Waals surface area contributed by atoms with E-state index >= 15 is 0 Å². The minimum atomic E-state index is -0.642. The van der Waals surface area contributed by atoms with Crippen LogP contribution in [0.15, 0.2) is 154 Å². The van der Waals surface area contributed by atoms with E-state index in [0.717, 1.165) is 31.8 Å². The molecule has 2 atom stereocenters. The summed E-state index contributed by atoms with van der Waals surface area (Å²) in [5.74, 6) is -0.349. The van der Waals surface area contributed by atoms with Gasteiger partial charge in [-0.2, -0.15) is 0 Å². The quantitative estimate of drug-likeness (QED) is 0.162. The number of rotatable bonds is 6. The number of fused-ring (bicyclic) bond motifs is 2. The Bertz CT molecular complexity index is 2160. The molecule has 2 heterocycles. The van der Waals surface area contributed by atoms with Gasteiger partial charge in [0.1, 0.15) is 20.2 Å². The molecule has 2 aliphatic rings. The average molecular weight is 723 g/mol. The maximum Gasteiger partial charge on any atom is 0.316 e. The molecule has 8 heteroatoms. The second kappa shape index (κ2) is 15.4. The number of benzene rings is 4. The number of carbonyl (C=O) groups is 2. The zero-order valence-electron chi connectivity index (χ0n) is 29.0. The van der Waals surface area contributed by atoms with Gasteiger partial charge in [-0.15, -0.1) is 22.7 Å². The first-order valence-corrected chi connectivity index (χ1v) is 18.9. The van der Waals surface area contributed by atoms with E-state index in [4.69, 9.17) is 19.5 Å². The molecule has 6 aromatic rings. The highest BCUT2D eigenvalue weighted by molar-refractivity contribution is 7.07. The first-order valence-electron chi connectivity index (χ1n) is 17.1. The minimum Gasteiger partial charge on any atom is -0.468 e. The molecule has 8 rings (SSSR count). The fraction of sp³-hybridized carbons (Fsp3) is 0.182. The van der Waals surface area contributed by atoms with E-state index in [-0.39, 0.29) is 11.9 Å². The molecule has 4 aromatic carbocycles. The average Bonchev–Trinajstić information content (AvgIpc) is 3.79. The van der Waals surface area contributed by atoms with Crippen molar-refractivity contribution in [3.8, 4) is 0 Å². The number of carbonyl (C=O) groups excluding carboxylic acids is 2. The third-order valence-corrected chi connectivity index (χ3v) is 11.5. The van der Waals surface area contributed by atoms with Gasteiger partial charge in [0.15, 0.2) is 0 Å². The van der Waals surface area contributed by atoms with Gasteiger partial charge in [-0.1, -0.05) is 97.1 Å².